The maximum Gasteiger partial charge on any atom is 0.338 e. The van der Waals surface area contributed by atoms with Crippen molar-refractivity contribution in [3.8, 4) is 0 Å². The summed E-state index contributed by atoms with van der Waals surface area (Å²) in [5.74, 6) is -1.16. The van der Waals surface area contributed by atoms with Gasteiger partial charge in [0, 0.05) is 0 Å². The molecular weight excluding hydrogens is 422 g/mol. The van der Waals surface area contributed by atoms with Gasteiger partial charge in [0.1, 0.15) is 0 Å². The van der Waals surface area contributed by atoms with Crippen LogP contribution in [0.25, 0.3) is 0 Å². The molecule has 1 saturated heterocycles. The fourth-order valence-electron chi connectivity index (χ4n) is 3.26. The van der Waals surface area contributed by atoms with E-state index < -0.39 is 22.0 Å². The quantitative estimate of drug-likeness (QED) is 0.456. The van der Waals surface area contributed by atoms with Crippen LogP contribution in [-0.2, 0) is 30.8 Å². The van der Waals surface area contributed by atoms with E-state index in [4.69, 9.17) is 9.88 Å². The van der Waals surface area contributed by atoms with E-state index in [0.29, 0.717) is 24.2 Å². The number of benzene rings is 2. The van der Waals surface area contributed by atoms with Crippen LogP contribution < -0.4 is 15.4 Å². The van der Waals surface area contributed by atoms with Gasteiger partial charge in [-0.1, -0.05) is 12.1 Å². The summed E-state index contributed by atoms with van der Waals surface area (Å²) in [6.45, 7) is 2.39. The second-order valence-electron chi connectivity index (χ2n) is 6.98. The number of nitrogens with two attached hydrogens (primary N) is 1. The van der Waals surface area contributed by atoms with E-state index in [9.17, 15) is 22.8 Å². The number of ether oxygens (including phenoxy) is 1. The van der Waals surface area contributed by atoms with Gasteiger partial charge in [-0.25, -0.2) is 23.3 Å². The first-order valence-electron chi connectivity index (χ1n) is 9.70. The first kappa shape index (κ1) is 22.6. The highest BCUT2D eigenvalue weighted by Gasteiger charge is 2.39. The molecule has 0 unspecified atom stereocenters. The number of hydrogen-bond donors (Lipinski definition) is 2. The molecule has 1 atom stereocenters. The summed E-state index contributed by atoms with van der Waals surface area (Å²) in [6, 6.07) is 11.6. The van der Waals surface area contributed by atoms with E-state index in [1.54, 1.807) is 19.1 Å². The Morgan fingerprint density at radius 3 is 2.35 bits per heavy atom. The molecule has 0 bridgehead atoms. The highest BCUT2D eigenvalue weighted by atomic mass is 32.2. The molecule has 9 nitrogen and oxygen atoms in total. The number of anilines is 1. The van der Waals surface area contributed by atoms with Crippen LogP contribution >= 0.6 is 0 Å². The van der Waals surface area contributed by atoms with Crippen molar-refractivity contribution in [2.24, 2.45) is 5.14 Å². The van der Waals surface area contributed by atoms with Crippen LogP contribution in [-0.4, -0.2) is 45.4 Å². The highest BCUT2D eigenvalue weighted by molar-refractivity contribution is 7.89. The van der Waals surface area contributed by atoms with Crippen molar-refractivity contribution in [1.29, 1.82) is 0 Å². The Balaban J connectivity index is 1.58. The Labute approximate surface area is 180 Å². The highest BCUT2D eigenvalue weighted by Crippen LogP contribution is 2.23. The number of nitrogens with zero attached hydrogens (tertiary/aromatic N) is 1. The van der Waals surface area contributed by atoms with Crippen LogP contribution in [0.15, 0.2) is 53.4 Å². The van der Waals surface area contributed by atoms with Crippen molar-refractivity contribution >= 4 is 33.5 Å². The smallest absolute Gasteiger partial charge is 0.338 e. The number of carbonyl (C=O) groups is 3. The molecule has 2 aromatic carbocycles. The number of esters is 1. The van der Waals surface area contributed by atoms with Gasteiger partial charge < -0.3 is 10.1 Å². The van der Waals surface area contributed by atoms with Crippen molar-refractivity contribution in [2.75, 3.05) is 18.1 Å². The molecule has 0 spiro atoms. The fraction of sp³-hybridized carbons (Fsp3) is 0.286. The van der Waals surface area contributed by atoms with Crippen molar-refractivity contribution in [2.45, 2.75) is 30.7 Å². The summed E-state index contributed by atoms with van der Waals surface area (Å²) in [4.78, 5) is 38.0. The molecule has 0 aromatic heterocycles. The van der Waals surface area contributed by atoms with E-state index in [1.165, 1.54) is 36.4 Å². The minimum absolute atomic E-state index is 0.0306. The third-order valence-corrected chi connectivity index (χ3v) is 5.77. The average Bonchev–Trinajstić information content (AvgIpc) is 3.01. The Kier molecular flexibility index (Phi) is 6.84. The molecule has 1 heterocycles. The second-order valence-corrected chi connectivity index (χ2v) is 8.55. The van der Waals surface area contributed by atoms with Gasteiger partial charge in [0.05, 0.1) is 35.2 Å². The first-order chi connectivity index (χ1) is 14.7. The van der Waals surface area contributed by atoms with Crippen LogP contribution in [0.2, 0.25) is 0 Å². The SMILES string of the molecule is CCOC(=O)c1ccc(N2C(=O)C[C@H](NCCc3ccc(S(N)(=O)=O)cc3)C2=O)cc1. The molecule has 3 N–H and O–H groups in total. The topological polar surface area (TPSA) is 136 Å². The van der Waals surface area contributed by atoms with Crippen LogP contribution in [0.5, 0.6) is 0 Å². The summed E-state index contributed by atoms with van der Waals surface area (Å²) in [6.07, 6.45) is 0.569. The monoisotopic (exact) mass is 445 g/mol. The van der Waals surface area contributed by atoms with E-state index in [-0.39, 0.29) is 29.7 Å². The minimum atomic E-state index is -3.74. The lowest BCUT2D eigenvalue weighted by atomic mass is 10.1. The zero-order valence-corrected chi connectivity index (χ0v) is 17.7. The summed E-state index contributed by atoms with van der Waals surface area (Å²) >= 11 is 0. The average molecular weight is 445 g/mol. The number of primary sulfonamides is 1. The van der Waals surface area contributed by atoms with E-state index in [2.05, 4.69) is 5.32 Å². The molecule has 1 aliphatic rings. The predicted octanol–water partition coefficient (Wildman–Crippen LogP) is 0.975. The van der Waals surface area contributed by atoms with Gasteiger partial charge in [0.25, 0.3) is 5.91 Å². The van der Waals surface area contributed by atoms with Crippen molar-refractivity contribution < 1.29 is 27.5 Å². The third kappa shape index (κ3) is 5.35. The Morgan fingerprint density at radius 2 is 1.77 bits per heavy atom. The number of imide groups is 1. The zero-order chi connectivity index (χ0) is 22.6. The summed E-state index contributed by atoms with van der Waals surface area (Å²) in [5.41, 5.74) is 1.60. The molecule has 0 radical (unpaired) electrons. The van der Waals surface area contributed by atoms with Gasteiger partial charge in [-0.15, -0.1) is 0 Å². The van der Waals surface area contributed by atoms with E-state index in [0.717, 1.165) is 10.5 Å². The number of carbonyl (C=O) groups excluding carboxylic acids is 3. The van der Waals surface area contributed by atoms with Gasteiger partial charge in [0.2, 0.25) is 15.9 Å². The summed E-state index contributed by atoms with van der Waals surface area (Å²) < 4.78 is 27.5. The lowest BCUT2D eigenvalue weighted by Gasteiger charge is -2.16. The molecule has 1 aliphatic heterocycles. The van der Waals surface area contributed by atoms with Crippen LogP contribution in [0.3, 0.4) is 0 Å². The van der Waals surface area contributed by atoms with Crippen LogP contribution in [0.1, 0.15) is 29.3 Å². The molecule has 31 heavy (non-hydrogen) atoms. The van der Waals surface area contributed by atoms with Gasteiger partial charge in [-0.3, -0.25) is 9.59 Å². The molecule has 2 aromatic rings. The number of sulfonamides is 1. The molecule has 2 amide bonds. The maximum absolute atomic E-state index is 12.7. The van der Waals surface area contributed by atoms with Gasteiger partial charge >= 0.3 is 5.97 Å². The number of rotatable bonds is 8. The molecule has 1 fully saturated rings. The standard InChI is InChI=1S/C21H23N3O6S/c1-2-30-21(27)15-5-7-16(8-6-15)24-19(25)13-18(20(24)26)23-12-11-14-3-9-17(10-4-14)31(22,28)29/h3-10,18,23H,2,11-13H2,1H3,(H2,22,28,29)/t18-/m0/s1. The van der Waals surface area contributed by atoms with E-state index in [1.807, 2.05) is 0 Å². The number of hydrogen-bond acceptors (Lipinski definition) is 7. The minimum Gasteiger partial charge on any atom is -0.462 e. The Morgan fingerprint density at radius 1 is 1.13 bits per heavy atom. The molecule has 164 valence electrons. The lowest BCUT2D eigenvalue weighted by Crippen LogP contribution is -2.39. The molecule has 3 rings (SSSR count). The van der Waals surface area contributed by atoms with Crippen molar-refractivity contribution in [3.63, 3.8) is 0 Å². The maximum atomic E-state index is 12.7. The lowest BCUT2D eigenvalue weighted by molar-refractivity contribution is -0.121. The van der Waals surface area contributed by atoms with Crippen LogP contribution in [0.4, 0.5) is 5.69 Å². The third-order valence-electron chi connectivity index (χ3n) is 4.84. The number of amides is 2. The fourth-order valence-corrected chi connectivity index (χ4v) is 3.78. The summed E-state index contributed by atoms with van der Waals surface area (Å²) in [7, 11) is -3.74. The molecular formula is C21H23N3O6S. The normalized spacial score (nSPS) is 16.6. The van der Waals surface area contributed by atoms with Gasteiger partial charge in [-0.05, 0) is 61.9 Å². The Hall–Kier alpha value is -3.08. The molecule has 0 saturated carbocycles. The van der Waals surface area contributed by atoms with E-state index >= 15 is 0 Å². The second kappa shape index (κ2) is 9.38. The van der Waals surface area contributed by atoms with Crippen LogP contribution in [0, 0.1) is 0 Å². The van der Waals surface area contributed by atoms with Gasteiger partial charge in [0.15, 0.2) is 0 Å². The molecule has 0 aliphatic carbocycles. The molecule has 10 heteroatoms. The number of nitrogens with one attached hydrogen (secondary N) is 1. The van der Waals surface area contributed by atoms with Crippen molar-refractivity contribution in [3.05, 3.63) is 59.7 Å². The Bertz CT molecular complexity index is 1080. The first-order valence-corrected chi connectivity index (χ1v) is 11.2. The van der Waals surface area contributed by atoms with Gasteiger partial charge in [-0.2, -0.15) is 0 Å². The predicted molar refractivity (Wildman–Crippen MR) is 113 cm³/mol. The summed E-state index contributed by atoms with van der Waals surface area (Å²) in [5, 5.41) is 8.15. The largest absolute Gasteiger partial charge is 0.462 e. The van der Waals surface area contributed by atoms with Crippen molar-refractivity contribution in [1.82, 2.24) is 5.32 Å². The zero-order valence-electron chi connectivity index (χ0n) is 16.9.